The average Bonchev–Trinajstić information content (AvgIpc) is 3.35. The van der Waals surface area contributed by atoms with E-state index in [1.54, 1.807) is 12.1 Å². The van der Waals surface area contributed by atoms with Gasteiger partial charge in [-0.3, -0.25) is 4.79 Å². The highest BCUT2D eigenvalue weighted by atomic mass is 32.1. The van der Waals surface area contributed by atoms with Crippen molar-refractivity contribution in [1.82, 2.24) is 15.3 Å². The predicted molar refractivity (Wildman–Crippen MR) is 123 cm³/mol. The summed E-state index contributed by atoms with van der Waals surface area (Å²) in [6.45, 7) is 1.55. The Morgan fingerprint density at radius 1 is 1.26 bits per heavy atom. The number of fused-ring (bicyclic) bond motifs is 1. The van der Waals surface area contributed by atoms with E-state index in [-0.39, 0.29) is 21.9 Å². The van der Waals surface area contributed by atoms with Crippen LogP contribution in [0.25, 0.3) is 10.2 Å². The molecule has 34 heavy (non-hydrogen) atoms. The molecule has 1 saturated heterocycles. The van der Waals surface area contributed by atoms with Gasteiger partial charge in [0.15, 0.2) is 0 Å². The molecule has 1 aromatic carbocycles. The first-order chi connectivity index (χ1) is 16.1. The number of hydrogen-bond donors (Lipinski definition) is 2. The molecule has 2 N–H and O–H groups in total. The van der Waals surface area contributed by atoms with Crippen molar-refractivity contribution in [2.24, 2.45) is 5.41 Å². The number of thiophene rings is 1. The summed E-state index contributed by atoms with van der Waals surface area (Å²) < 4.78 is 52.7. The highest BCUT2D eigenvalue weighted by Crippen LogP contribution is 2.50. The Morgan fingerprint density at radius 3 is 2.76 bits per heavy atom. The van der Waals surface area contributed by atoms with Crippen molar-refractivity contribution in [1.29, 1.82) is 0 Å². The zero-order chi connectivity index (χ0) is 24.1. The Balaban J connectivity index is 1.24. The van der Waals surface area contributed by atoms with Crippen molar-refractivity contribution in [3.63, 3.8) is 0 Å². The molecule has 2 aromatic heterocycles. The van der Waals surface area contributed by atoms with Crippen LogP contribution in [0.1, 0.15) is 34.5 Å². The zero-order valence-electron chi connectivity index (χ0n) is 18.4. The molecule has 0 bridgehead atoms. The second-order valence-electron chi connectivity index (χ2n) is 9.12. The number of carbonyl (C=O) groups is 1. The molecular formula is C23H23F4N5OS. The summed E-state index contributed by atoms with van der Waals surface area (Å²) in [6.07, 6.45) is -1.04. The first-order valence-corrected chi connectivity index (χ1v) is 11.8. The first-order valence-electron chi connectivity index (χ1n) is 11.0. The molecule has 0 atom stereocenters. The van der Waals surface area contributed by atoms with Gasteiger partial charge in [-0.25, -0.2) is 14.4 Å². The van der Waals surface area contributed by atoms with E-state index in [2.05, 4.69) is 25.5 Å². The molecule has 2 aliphatic rings. The van der Waals surface area contributed by atoms with Crippen LogP contribution >= 0.6 is 11.3 Å². The van der Waals surface area contributed by atoms with Crippen LogP contribution in [-0.2, 0) is 6.42 Å². The number of alkyl halides is 3. The Labute approximate surface area is 197 Å². The van der Waals surface area contributed by atoms with Crippen LogP contribution < -0.4 is 15.5 Å². The van der Waals surface area contributed by atoms with Crippen LogP contribution in [0.4, 0.5) is 29.1 Å². The van der Waals surface area contributed by atoms with Crippen LogP contribution in [0, 0.1) is 11.2 Å². The van der Waals surface area contributed by atoms with Crippen LogP contribution in [-0.4, -0.2) is 48.2 Å². The van der Waals surface area contributed by atoms with Gasteiger partial charge in [0.2, 0.25) is 0 Å². The number of carbonyl (C=O) groups excluding carboxylic acids is 1. The van der Waals surface area contributed by atoms with Gasteiger partial charge >= 0.3 is 6.18 Å². The van der Waals surface area contributed by atoms with Gasteiger partial charge in [-0.15, -0.1) is 11.3 Å². The fraction of sp³-hybridized carbons (Fsp3) is 0.435. The maximum Gasteiger partial charge on any atom is 0.393 e. The van der Waals surface area contributed by atoms with E-state index in [1.165, 1.54) is 25.5 Å². The zero-order valence-corrected chi connectivity index (χ0v) is 19.2. The summed E-state index contributed by atoms with van der Waals surface area (Å²) in [5.41, 5.74) is 0.737. The molecular weight excluding hydrogens is 470 g/mol. The van der Waals surface area contributed by atoms with Gasteiger partial charge in [0.05, 0.1) is 17.4 Å². The standard InChI is InChI=1S/C23H23F4N5OS/c1-28-20(33)16-3-2-13(6-18(16)24)31-14-8-22(9-14)4-5-32(11-22)19-17-7-15(10-23(25,26)27)34-21(17)30-12-29-19/h2-3,6-7,12,14,31H,4-5,8-11H2,1H3,(H,28,33). The van der Waals surface area contributed by atoms with Crippen LogP contribution in [0.5, 0.6) is 0 Å². The normalized spacial score (nSPS) is 22.3. The van der Waals surface area contributed by atoms with Gasteiger partial charge in [-0.1, -0.05) is 0 Å². The van der Waals surface area contributed by atoms with E-state index in [4.69, 9.17) is 0 Å². The number of nitrogens with one attached hydrogen (secondary N) is 2. The summed E-state index contributed by atoms with van der Waals surface area (Å²) in [6, 6.07) is 6.26. The van der Waals surface area contributed by atoms with E-state index >= 15 is 0 Å². The van der Waals surface area contributed by atoms with E-state index in [1.807, 2.05) is 0 Å². The van der Waals surface area contributed by atoms with Gasteiger partial charge in [-0.2, -0.15) is 13.2 Å². The van der Waals surface area contributed by atoms with E-state index in [0.717, 1.165) is 43.7 Å². The smallest absolute Gasteiger partial charge is 0.382 e. The fourth-order valence-corrected chi connectivity index (χ4v) is 6.15. The van der Waals surface area contributed by atoms with E-state index < -0.39 is 24.3 Å². The molecule has 3 heterocycles. The van der Waals surface area contributed by atoms with Crippen LogP contribution in [0.3, 0.4) is 0 Å². The predicted octanol–water partition coefficient (Wildman–Crippen LogP) is 4.77. The molecule has 6 nitrogen and oxygen atoms in total. The summed E-state index contributed by atoms with van der Waals surface area (Å²) in [7, 11) is 1.46. The molecule has 3 aromatic rings. The molecule has 180 valence electrons. The van der Waals surface area contributed by atoms with E-state index in [9.17, 15) is 22.4 Å². The third kappa shape index (κ3) is 4.40. The lowest BCUT2D eigenvalue weighted by atomic mass is 9.65. The summed E-state index contributed by atoms with van der Waals surface area (Å²) in [5.74, 6) is -0.346. The summed E-state index contributed by atoms with van der Waals surface area (Å²) in [4.78, 5) is 23.2. The highest BCUT2D eigenvalue weighted by Gasteiger charge is 2.49. The van der Waals surface area contributed by atoms with Crippen LogP contribution in [0.15, 0.2) is 30.6 Å². The molecule has 11 heteroatoms. The third-order valence-corrected chi connectivity index (χ3v) is 7.69. The van der Waals surface area contributed by atoms with Crippen molar-refractivity contribution in [3.8, 4) is 0 Å². The van der Waals surface area contributed by atoms with Gasteiger partial charge in [0.25, 0.3) is 5.91 Å². The lowest BCUT2D eigenvalue weighted by molar-refractivity contribution is -0.126. The monoisotopic (exact) mass is 493 g/mol. The Bertz CT molecular complexity index is 1240. The molecule has 1 saturated carbocycles. The van der Waals surface area contributed by atoms with Crippen molar-refractivity contribution in [3.05, 3.63) is 46.9 Å². The quantitative estimate of drug-likeness (QED) is 0.502. The maximum atomic E-state index is 14.2. The average molecular weight is 494 g/mol. The van der Waals surface area contributed by atoms with Gasteiger partial charge in [-0.05, 0) is 48.9 Å². The number of nitrogens with zero attached hydrogens (tertiary/aromatic N) is 3. The Hall–Kier alpha value is -2.95. The van der Waals surface area contributed by atoms with Gasteiger partial charge in [0, 0.05) is 36.7 Å². The van der Waals surface area contributed by atoms with E-state index in [0.29, 0.717) is 21.7 Å². The van der Waals surface area contributed by atoms with Gasteiger partial charge < -0.3 is 15.5 Å². The molecule has 5 rings (SSSR count). The molecule has 1 aliphatic heterocycles. The van der Waals surface area contributed by atoms with Crippen molar-refractivity contribution >= 4 is 39.0 Å². The summed E-state index contributed by atoms with van der Waals surface area (Å²) in [5, 5.41) is 6.43. The maximum absolute atomic E-state index is 14.2. The first kappa shape index (κ1) is 22.8. The summed E-state index contributed by atoms with van der Waals surface area (Å²) >= 11 is 1.06. The van der Waals surface area contributed by atoms with Crippen molar-refractivity contribution < 1.29 is 22.4 Å². The van der Waals surface area contributed by atoms with Crippen molar-refractivity contribution in [2.45, 2.75) is 37.9 Å². The minimum Gasteiger partial charge on any atom is -0.382 e. The Morgan fingerprint density at radius 2 is 2.06 bits per heavy atom. The lowest BCUT2D eigenvalue weighted by Crippen LogP contribution is -2.46. The lowest BCUT2D eigenvalue weighted by Gasteiger charge is -2.46. The largest absolute Gasteiger partial charge is 0.393 e. The number of benzene rings is 1. The fourth-order valence-electron chi connectivity index (χ4n) is 5.13. The number of anilines is 2. The molecule has 1 aliphatic carbocycles. The van der Waals surface area contributed by atoms with Crippen molar-refractivity contribution in [2.75, 3.05) is 30.4 Å². The molecule has 1 amide bonds. The number of hydrogen-bond acceptors (Lipinski definition) is 6. The minimum atomic E-state index is -4.26. The number of amides is 1. The number of aromatic nitrogens is 2. The molecule has 0 radical (unpaired) electrons. The minimum absolute atomic E-state index is 0.00699. The number of halogens is 4. The Kier molecular flexibility index (Phi) is 5.62. The second kappa shape index (κ2) is 8.37. The van der Waals surface area contributed by atoms with Crippen LogP contribution in [0.2, 0.25) is 0 Å². The molecule has 1 spiro atoms. The highest BCUT2D eigenvalue weighted by molar-refractivity contribution is 7.18. The molecule has 0 unspecified atom stereocenters. The third-order valence-electron chi connectivity index (χ3n) is 6.64. The number of rotatable bonds is 5. The topological polar surface area (TPSA) is 70.2 Å². The SMILES string of the molecule is CNC(=O)c1ccc(NC2CC3(CCN(c4ncnc5sc(CC(F)(F)F)cc45)C3)C2)cc1F. The second-order valence-corrected chi connectivity index (χ2v) is 10.2. The van der Waals surface area contributed by atoms with Gasteiger partial charge in [0.1, 0.15) is 22.8 Å². The molecule has 2 fully saturated rings.